The summed E-state index contributed by atoms with van der Waals surface area (Å²) in [6.07, 6.45) is 4.04. The summed E-state index contributed by atoms with van der Waals surface area (Å²) in [5.41, 5.74) is 0.619. The van der Waals surface area contributed by atoms with Gasteiger partial charge in [0.1, 0.15) is 5.82 Å². The third-order valence-electron chi connectivity index (χ3n) is 3.79. The van der Waals surface area contributed by atoms with E-state index < -0.39 is 0 Å². The van der Waals surface area contributed by atoms with Crippen LogP contribution in [0.2, 0.25) is 0 Å². The number of rotatable bonds is 5. The van der Waals surface area contributed by atoms with Gasteiger partial charge in [-0.1, -0.05) is 6.92 Å². The number of Topliss-reactive ketones (excluding diaryl/α,β-unsaturated/α-hetero) is 1. The van der Waals surface area contributed by atoms with Crippen molar-refractivity contribution in [3.63, 3.8) is 0 Å². The van der Waals surface area contributed by atoms with Crippen molar-refractivity contribution < 1.29 is 9.18 Å². The lowest BCUT2D eigenvalue weighted by Gasteiger charge is -2.30. The van der Waals surface area contributed by atoms with Gasteiger partial charge in [0.05, 0.1) is 0 Å². The van der Waals surface area contributed by atoms with Crippen molar-refractivity contribution in [3.8, 4) is 0 Å². The maximum Gasteiger partial charge on any atom is 0.162 e. The number of halogens is 1. The van der Waals surface area contributed by atoms with Gasteiger partial charge in [-0.3, -0.25) is 4.79 Å². The Kier molecular flexibility index (Phi) is 5.08. The van der Waals surface area contributed by atoms with E-state index in [9.17, 15) is 9.18 Å². The molecule has 0 aromatic heterocycles. The highest BCUT2D eigenvalue weighted by Crippen LogP contribution is 2.16. The van der Waals surface area contributed by atoms with E-state index in [0.717, 1.165) is 32.0 Å². The average molecular weight is 263 g/mol. The van der Waals surface area contributed by atoms with Crippen molar-refractivity contribution in [2.45, 2.75) is 32.6 Å². The maximum atomic E-state index is 12.8. The molecule has 1 aromatic carbocycles. The molecule has 1 atom stereocenters. The third kappa shape index (κ3) is 4.43. The fourth-order valence-corrected chi connectivity index (χ4v) is 2.73. The standard InChI is InChI=1S/C16H22FNO/c1-13-4-2-10-18(12-13)11-3-5-16(19)14-6-8-15(17)9-7-14/h6-9,13H,2-5,10-12H2,1H3. The first-order valence-corrected chi connectivity index (χ1v) is 7.16. The molecule has 2 rings (SSSR count). The second-order valence-corrected chi connectivity index (χ2v) is 5.58. The number of nitrogens with zero attached hydrogens (tertiary/aromatic N) is 1. The summed E-state index contributed by atoms with van der Waals surface area (Å²) in [5, 5.41) is 0. The number of likely N-dealkylation sites (tertiary alicyclic amines) is 1. The van der Waals surface area contributed by atoms with Gasteiger partial charge in [-0.05, 0) is 62.5 Å². The second kappa shape index (κ2) is 6.80. The Bertz CT molecular complexity index is 415. The predicted octanol–water partition coefficient (Wildman–Crippen LogP) is 3.52. The van der Waals surface area contributed by atoms with Crippen LogP contribution in [0.4, 0.5) is 4.39 Å². The van der Waals surface area contributed by atoms with Crippen LogP contribution in [0, 0.1) is 11.7 Å². The summed E-state index contributed by atoms with van der Waals surface area (Å²) in [5.74, 6) is 0.602. The molecule has 0 amide bonds. The zero-order chi connectivity index (χ0) is 13.7. The summed E-state index contributed by atoms with van der Waals surface area (Å²) in [7, 11) is 0. The van der Waals surface area contributed by atoms with Gasteiger partial charge in [0.25, 0.3) is 0 Å². The lowest BCUT2D eigenvalue weighted by atomic mass is 10.00. The van der Waals surface area contributed by atoms with Gasteiger partial charge < -0.3 is 4.90 Å². The van der Waals surface area contributed by atoms with Crippen molar-refractivity contribution in [2.24, 2.45) is 5.92 Å². The zero-order valence-electron chi connectivity index (χ0n) is 11.6. The molecule has 2 nitrogen and oxygen atoms in total. The molecular weight excluding hydrogens is 241 g/mol. The number of hydrogen-bond donors (Lipinski definition) is 0. The van der Waals surface area contributed by atoms with Crippen LogP contribution < -0.4 is 0 Å². The molecule has 104 valence electrons. The topological polar surface area (TPSA) is 20.3 Å². The van der Waals surface area contributed by atoms with Gasteiger partial charge in [-0.2, -0.15) is 0 Å². The van der Waals surface area contributed by atoms with Crippen molar-refractivity contribution >= 4 is 5.78 Å². The monoisotopic (exact) mass is 263 g/mol. The normalized spacial score (nSPS) is 20.4. The first-order valence-electron chi connectivity index (χ1n) is 7.16. The summed E-state index contributed by atoms with van der Waals surface area (Å²) >= 11 is 0. The van der Waals surface area contributed by atoms with E-state index in [2.05, 4.69) is 11.8 Å². The van der Waals surface area contributed by atoms with Crippen LogP contribution in [-0.2, 0) is 0 Å². The largest absolute Gasteiger partial charge is 0.303 e. The van der Waals surface area contributed by atoms with Crippen molar-refractivity contribution in [1.29, 1.82) is 0 Å². The van der Waals surface area contributed by atoms with E-state index >= 15 is 0 Å². The molecule has 3 heteroatoms. The highest BCUT2D eigenvalue weighted by atomic mass is 19.1. The minimum atomic E-state index is -0.293. The Labute approximate surface area is 114 Å². The van der Waals surface area contributed by atoms with Crippen molar-refractivity contribution in [3.05, 3.63) is 35.6 Å². The van der Waals surface area contributed by atoms with Crippen LogP contribution in [-0.4, -0.2) is 30.3 Å². The molecule has 0 radical (unpaired) electrons. The molecule has 0 spiro atoms. The van der Waals surface area contributed by atoms with E-state index in [0.29, 0.717) is 12.0 Å². The first-order chi connectivity index (χ1) is 9.15. The molecule has 19 heavy (non-hydrogen) atoms. The second-order valence-electron chi connectivity index (χ2n) is 5.58. The lowest BCUT2D eigenvalue weighted by molar-refractivity contribution is 0.0970. The molecule has 0 bridgehead atoms. The van der Waals surface area contributed by atoms with Gasteiger partial charge in [0, 0.05) is 18.5 Å². The number of piperidine rings is 1. The van der Waals surface area contributed by atoms with Crippen LogP contribution in [0.5, 0.6) is 0 Å². The molecule has 0 aliphatic carbocycles. The molecule has 1 saturated heterocycles. The Balaban J connectivity index is 1.73. The molecule has 1 aliphatic rings. The zero-order valence-corrected chi connectivity index (χ0v) is 11.6. The molecule has 1 fully saturated rings. The highest BCUT2D eigenvalue weighted by Gasteiger charge is 2.16. The summed E-state index contributed by atoms with van der Waals surface area (Å²) < 4.78 is 12.8. The van der Waals surface area contributed by atoms with E-state index in [1.54, 1.807) is 12.1 Å². The quantitative estimate of drug-likeness (QED) is 0.758. The number of hydrogen-bond acceptors (Lipinski definition) is 2. The SMILES string of the molecule is CC1CCCN(CCCC(=O)c2ccc(F)cc2)C1. The minimum Gasteiger partial charge on any atom is -0.303 e. The van der Waals surface area contributed by atoms with E-state index in [1.165, 1.54) is 25.0 Å². The number of carbonyl (C=O) groups excluding carboxylic acids is 1. The summed E-state index contributed by atoms with van der Waals surface area (Å²) in [4.78, 5) is 14.4. The lowest BCUT2D eigenvalue weighted by Crippen LogP contribution is -2.35. The third-order valence-corrected chi connectivity index (χ3v) is 3.79. The van der Waals surface area contributed by atoms with Crippen LogP contribution in [0.3, 0.4) is 0 Å². The summed E-state index contributed by atoms with van der Waals surface area (Å²) in [6, 6.07) is 5.83. The fourth-order valence-electron chi connectivity index (χ4n) is 2.73. The number of benzene rings is 1. The number of carbonyl (C=O) groups is 1. The van der Waals surface area contributed by atoms with E-state index in [4.69, 9.17) is 0 Å². The molecular formula is C16H22FNO. The maximum absolute atomic E-state index is 12.8. The number of ketones is 1. The summed E-state index contributed by atoms with van der Waals surface area (Å²) in [6.45, 7) is 5.60. The Morgan fingerprint density at radius 3 is 2.79 bits per heavy atom. The van der Waals surface area contributed by atoms with E-state index in [-0.39, 0.29) is 11.6 Å². The van der Waals surface area contributed by atoms with Gasteiger partial charge in [0.15, 0.2) is 5.78 Å². The average Bonchev–Trinajstić information content (AvgIpc) is 2.39. The molecule has 0 N–H and O–H groups in total. The molecule has 1 unspecified atom stereocenters. The van der Waals surface area contributed by atoms with Crippen molar-refractivity contribution in [1.82, 2.24) is 4.90 Å². The Hall–Kier alpha value is -1.22. The van der Waals surface area contributed by atoms with E-state index in [1.807, 2.05) is 0 Å². The van der Waals surface area contributed by atoms with Crippen LogP contribution in [0.1, 0.15) is 43.0 Å². The van der Waals surface area contributed by atoms with Crippen LogP contribution in [0.15, 0.2) is 24.3 Å². The van der Waals surface area contributed by atoms with Gasteiger partial charge >= 0.3 is 0 Å². The molecule has 1 aromatic rings. The van der Waals surface area contributed by atoms with Crippen LogP contribution in [0.25, 0.3) is 0 Å². The van der Waals surface area contributed by atoms with Gasteiger partial charge in [-0.15, -0.1) is 0 Å². The van der Waals surface area contributed by atoms with Crippen LogP contribution >= 0.6 is 0 Å². The van der Waals surface area contributed by atoms with Gasteiger partial charge in [0.2, 0.25) is 0 Å². The highest BCUT2D eigenvalue weighted by molar-refractivity contribution is 5.95. The first kappa shape index (κ1) is 14.2. The molecule has 0 saturated carbocycles. The fraction of sp³-hybridized carbons (Fsp3) is 0.562. The minimum absolute atomic E-state index is 0.116. The Morgan fingerprint density at radius 2 is 2.11 bits per heavy atom. The molecule has 1 aliphatic heterocycles. The smallest absolute Gasteiger partial charge is 0.162 e. The predicted molar refractivity (Wildman–Crippen MR) is 74.8 cm³/mol. The Morgan fingerprint density at radius 1 is 1.37 bits per heavy atom. The van der Waals surface area contributed by atoms with Gasteiger partial charge in [-0.25, -0.2) is 4.39 Å². The van der Waals surface area contributed by atoms with Crippen molar-refractivity contribution in [2.75, 3.05) is 19.6 Å². The molecule has 1 heterocycles.